The van der Waals surface area contributed by atoms with Crippen molar-refractivity contribution in [1.82, 2.24) is 4.98 Å². The molecule has 1 amide bonds. The van der Waals surface area contributed by atoms with Gasteiger partial charge in [0.15, 0.2) is 6.10 Å². The first-order valence-electron chi connectivity index (χ1n) is 6.45. The van der Waals surface area contributed by atoms with E-state index in [9.17, 15) is 9.59 Å². The molecule has 5 nitrogen and oxygen atoms in total. The van der Waals surface area contributed by atoms with Gasteiger partial charge in [-0.2, -0.15) is 0 Å². The Kier molecular flexibility index (Phi) is 5.82. The Morgan fingerprint density at radius 3 is 2.52 bits per heavy atom. The van der Waals surface area contributed by atoms with Crippen LogP contribution in [0.4, 0.5) is 5.69 Å². The molecule has 0 aliphatic heterocycles. The predicted octanol–water partition coefficient (Wildman–Crippen LogP) is 4.23. The quantitative estimate of drug-likeness (QED) is 0.643. The number of nitrogens with zero attached hydrogens (tertiary/aromatic N) is 1. The topological polar surface area (TPSA) is 68.3 Å². The van der Waals surface area contributed by atoms with Crippen molar-refractivity contribution in [2.75, 3.05) is 5.32 Å². The second-order valence-electron chi connectivity index (χ2n) is 4.53. The molecule has 0 saturated carbocycles. The Morgan fingerprint density at radius 2 is 1.91 bits per heavy atom. The fraction of sp³-hybridized carbons (Fsp3) is 0.133. The van der Waals surface area contributed by atoms with Crippen molar-refractivity contribution >= 4 is 52.4 Å². The number of aromatic nitrogens is 1. The van der Waals surface area contributed by atoms with Gasteiger partial charge in [-0.25, -0.2) is 9.78 Å². The summed E-state index contributed by atoms with van der Waals surface area (Å²) in [7, 11) is 0. The summed E-state index contributed by atoms with van der Waals surface area (Å²) in [4.78, 5) is 27.7. The summed E-state index contributed by atoms with van der Waals surface area (Å²) in [6, 6.07) is 7.54. The monoisotopic (exact) mass is 372 g/mol. The highest BCUT2D eigenvalue weighted by Crippen LogP contribution is 2.25. The van der Waals surface area contributed by atoms with Crippen LogP contribution in [0.15, 0.2) is 36.5 Å². The van der Waals surface area contributed by atoms with Crippen LogP contribution in [0.25, 0.3) is 0 Å². The highest BCUT2D eigenvalue weighted by atomic mass is 35.5. The number of pyridine rings is 1. The molecule has 1 aromatic heterocycles. The third kappa shape index (κ3) is 4.82. The van der Waals surface area contributed by atoms with Gasteiger partial charge in [0.25, 0.3) is 5.91 Å². The van der Waals surface area contributed by atoms with Gasteiger partial charge in [0.1, 0.15) is 5.15 Å². The summed E-state index contributed by atoms with van der Waals surface area (Å²) in [6.07, 6.45) is 0.246. The van der Waals surface area contributed by atoms with Gasteiger partial charge >= 0.3 is 5.97 Å². The average Bonchev–Trinajstić information content (AvgIpc) is 2.50. The number of hydrogen-bond donors (Lipinski definition) is 1. The van der Waals surface area contributed by atoms with Gasteiger partial charge in [0, 0.05) is 11.2 Å². The highest BCUT2D eigenvalue weighted by Gasteiger charge is 2.20. The third-order valence-electron chi connectivity index (χ3n) is 2.81. The van der Waals surface area contributed by atoms with E-state index >= 15 is 0 Å². The molecule has 0 radical (unpaired) electrons. The van der Waals surface area contributed by atoms with Crippen molar-refractivity contribution < 1.29 is 14.3 Å². The number of amides is 1. The fourth-order valence-corrected chi connectivity index (χ4v) is 2.17. The van der Waals surface area contributed by atoms with Gasteiger partial charge in [0.05, 0.1) is 16.3 Å². The van der Waals surface area contributed by atoms with Crippen molar-refractivity contribution in [2.45, 2.75) is 13.0 Å². The molecule has 0 aliphatic rings. The Balaban J connectivity index is 1.99. The fourth-order valence-electron chi connectivity index (χ4n) is 1.60. The summed E-state index contributed by atoms with van der Waals surface area (Å²) >= 11 is 17.4. The van der Waals surface area contributed by atoms with Crippen LogP contribution in [-0.2, 0) is 9.53 Å². The lowest BCUT2D eigenvalue weighted by atomic mass is 10.2. The Labute approximate surface area is 147 Å². The van der Waals surface area contributed by atoms with Crippen LogP contribution in [0.1, 0.15) is 17.3 Å². The SMILES string of the molecule is C[C@@H](OC(=O)c1ccc(Cl)nc1)C(=O)Nc1ccc(Cl)cc1Cl. The lowest BCUT2D eigenvalue weighted by molar-refractivity contribution is -0.123. The maximum atomic E-state index is 12.1. The molecule has 1 N–H and O–H groups in total. The molecular weight excluding hydrogens is 363 g/mol. The van der Waals surface area contributed by atoms with Gasteiger partial charge in [-0.15, -0.1) is 0 Å². The van der Waals surface area contributed by atoms with E-state index < -0.39 is 18.0 Å². The van der Waals surface area contributed by atoms with E-state index in [1.54, 1.807) is 12.1 Å². The van der Waals surface area contributed by atoms with E-state index in [2.05, 4.69) is 10.3 Å². The summed E-state index contributed by atoms with van der Waals surface area (Å²) < 4.78 is 5.07. The van der Waals surface area contributed by atoms with Crippen molar-refractivity contribution in [3.05, 3.63) is 57.3 Å². The van der Waals surface area contributed by atoms with Gasteiger partial charge in [-0.05, 0) is 37.3 Å². The maximum Gasteiger partial charge on any atom is 0.340 e. The molecule has 0 aliphatic carbocycles. The first-order chi connectivity index (χ1) is 10.9. The van der Waals surface area contributed by atoms with Crippen LogP contribution in [0.2, 0.25) is 15.2 Å². The van der Waals surface area contributed by atoms with Crippen LogP contribution in [0, 0.1) is 0 Å². The standard InChI is InChI=1S/C15H11Cl3N2O3/c1-8(23-15(22)9-2-5-13(18)19-7-9)14(21)20-12-4-3-10(16)6-11(12)17/h2-8H,1H3,(H,20,21)/t8-/m1/s1. The van der Waals surface area contributed by atoms with Crippen molar-refractivity contribution in [1.29, 1.82) is 0 Å². The van der Waals surface area contributed by atoms with E-state index in [0.29, 0.717) is 10.7 Å². The van der Waals surface area contributed by atoms with Crippen molar-refractivity contribution in [2.24, 2.45) is 0 Å². The third-order valence-corrected chi connectivity index (χ3v) is 3.58. The number of nitrogens with one attached hydrogen (secondary N) is 1. The number of rotatable bonds is 4. The van der Waals surface area contributed by atoms with Gasteiger partial charge in [-0.1, -0.05) is 34.8 Å². The molecule has 0 saturated heterocycles. The molecule has 2 rings (SSSR count). The molecule has 0 spiro atoms. The number of benzene rings is 1. The molecule has 8 heteroatoms. The number of anilines is 1. The second kappa shape index (κ2) is 7.64. The first-order valence-corrected chi connectivity index (χ1v) is 7.58. The number of hydrogen-bond acceptors (Lipinski definition) is 4. The predicted molar refractivity (Wildman–Crippen MR) is 89.2 cm³/mol. The van der Waals surface area contributed by atoms with Crippen LogP contribution in [-0.4, -0.2) is 23.0 Å². The van der Waals surface area contributed by atoms with Crippen molar-refractivity contribution in [3.8, 4) is 0 Å². The molecule has 2 aromatic rings. The zero-order chi connectivity index (χ0) is 17.0. The Bertz CT molecular complexity index is 735. The molecule has 0 fully saturated rings. The van der Waals surface area contributed by atoms with Crippen LogP contribution in [0.3, 0.4) is 0 Å². The number of carbonyl (C=O) groups excluding carboxylic acids is 2. The van der Waals surface area contributed by atoms with E-state index in [1.165, 1.54) is 31.3 Å². The summed E-state index contributed by atoms with van der Waals surface area (Å²) in [5, 5.41) is 3.54. The van der Waals surface area contributed by atoms with Crippen molar-refractivity contribution in [3.63, 3.8) is 0 Å². The van der Waals surface area contributed by atoms with E-state index in [-0.39, 0.29) is 15.7 Å². The van der Waals surface area contributed by atoms with Gasteiger partial charge in [0.2, 0.25) is 0 Å². The Hall–Kier alpha value is -1.82. The van der Waals surface area contributed by atoms with Crippen LogP contribution < -0.4 is 5.32 Å². The van der Waals surface area contributed by atoms with E-state index in [4.69, 9.17) is 39.5 Å². The highest BCUT2D eigenvalue weighted by molar-refractivity contribution is 6.36. The lowest BCUT2D eigenvalue weighted by Gasteiger charge is -2.14. The summed E-state index contributed by atoms with van der Waals surface area (Å²) in [6.45, 7) is 1.44. The summed E-state index contributed by atoms with van der Waals surface area (Å²) in [5.41, 5.74) is 0.565. The number of carbonyl (C=O) groups is 2. The minimum Gasteiger partial charge on any atom is -0.449 e. The molecular formula is C15H11Cl3N2O3. The second-order valence-corrected chi connectivity index (χ2v) is 5.76. The van der Waals surface area contributed by atoms with E-state index in [0.717, 1.165) is 0 Å². The number of halogens is 3. The van der Waals surface area contributed by atoms with Crippen LogP contribution >= 0.6 is 34.8 Å². The minimum atomic E-state index is -1.02. The maximum absolute atomic E-state index is 12.1. The largest absolute Gasteiger partial charge is 0.449 e. The zero-order valence-corrected chi connectivity index (χ0v) is 14.1. The molecule has 0 unspecified atom stereocenters. The summed E-state index contributed by atoms with van der Waals surface area (Å²) in [5.74, 6) is -1.21. The molecule has 23 heavy (non-hydrogen) atoms. The lowest BCUT2D eigenvalue weighted by Crippen LogP contribution is -2.30. The first kappa shape index (κ1) is 17.5. The number of ether oxygens (including phenoxy) is 1. The van der Waals surface area contributed by atoms with Gasteiger partial charge < -0.3 is 10.1 Å². The number of esters is 1. The van der Waals surface area contributed by atoms with E-state index in [1.807, 2.05) is 0 Å². The molecule has 120 valence electrons. The molecule has 0 bridgehead atoms. The van der Waals surface area contributed by atoms with Crippen LogP contribution in [0.5, 0.6) is 0 Å². The molecule has 1 heterocycles. The average molecular weight is 374 g/mol. The Morgan fingerprint density at radius 1 is 1.17 bits per heavy atom. The minimum absolute atomic E-state index is 0.193. The molecule has 1 atom stereocenters. The molecule has 1 aromatic carbocycles. The smallest absolute Gasteiger partial charge is 0.340 e. The van der Waals surface area contributed by atoms with Gasteiger partial charge in [-0.3, -0.25) is 4.79 Å². The normalized spacial score (nSPS) is 11.7. The zero-order valence-electron chi connectivity index (χ0n) is 11.8.